The van der Waals surface area contributed by atoms with Gasteiger partial charge in [0.1, 0.15) is 17.5 Å². The minimum absolute atomic E-state index is 0.0838. The van der Waals surface area contributed by atoms with Crippen molar-refractivity contribution in [2.24, 2.45) is 0 Å². The predicted molar refractivity (Wildman–Crippen MR) is 71.4 cm³/mol. The Kier molecular flexibility index (Phi) is 3.97. The molecule has 0 amide bonds. The lowest BCUT2D eigenvalue weighted by Gasteiger charge is -2.07. The number of hydrogen-bond acceptors (Lipinski definition) is 4. The lowest BCUT2D eigenvalue weighted by atomic mass is 10.2. The van der Waals surface area contributed by atoms with E-state index in [0.717, 1.165) is 5.56 Å². The lowest BCUT2D eigenvalue weighted by Crippen LogP contribution is -1.97. The van der Waals surface area contributed by atoms with E-state index in [9.17, 15) is 10.1 Å². The van der Waals surface area contributed by atoms with Crippen LogP contribution in [0.15, 0.2) is 36.5 Å². The van der Waals surface area contributed by atoms with Crippen molar-refractivity contribution in [3.05, 3.63) is 62.9 Å². The first kappa shape index (κ1) is 13.3. The molecule has 5 nitrogen and oxygen atoms in total. The fourth-order valence-electron chi connectivity index (χ4n) is 1.58. The Bertz CT molecular complexity index is 599. The Morgan fingerprint density at radius 1 is 1.37 bits per heavy atom. The summed E-state index contributed by atoms with van der Waals surface area (Å²) < 4.78 is 5.54. The maximum absolute atomic E-state index is 10.7. The molecule has 0 bridgehead atoms. The van der Waals surface area contributed by atoms with Crippen molar-refractivity contribution in [1.82, 2.24) is 4.98 Å². The Hall–Kier alpha value is -2.14. The van der Waals surface area contributed by atoms with Crippen LogP contribution in [0.25, 0.3) is 0 Å². The summed E-state index contributed by atoms with van der Waals surface area (Å²) in [5.41, 5.74) is 1.53. The average molecular weight is 279 g/mol. The van der Waals surface area contributed by atoms with Crippen molar-refractivity contribution in [1.29, 1.82) is 0 Å². The molecule has 0 aliphatic rings. The fourth-order valence-corrected chi connectivity index (χ4v) is 1.69. The molecule has 1 aromatic heterocycles. The minimum Gasteiger partial charge on any atom is -0.489 e. The van der Waals surface area contributed by atoms with Crippen molar-refractivity contribution >= 4 is 17.3 Å². The van der Waals surface area contributed by atoms with E-state index in [4.69, 9.17) is 16.3 Å². The summed E-state index contributed by atoms with van der Waals surface area (Å²) >= 11 is 5.68. The number of benzene rings is 1. The molecule has 0 saturated carbocycles. The van der Waals surface area contributed by atoms with Gasteiger partial charge >= 0.3 is 0 Å². The highest BCUT2D eigenvalue weighted by molar-refractivity contribution is 6.29. The van der Waals surface area contributed by atoms with Gasteiger partial charge in [-0.25, -0.2) is 4.98 Å². The van der Waals surface area contributed by atoms with Crippen LogP contribution in [0.5, 0.6) is 5.75 Å². The van der Waals surface area contributed by atoms with E-state index >= 15 is 0 Å². The highest BCUT2D eigenvalue weighted by Crippen LogP contribution is 2.23. The van der Waals surface area contributed by atoms with E-state index in [2.05, 4.69) is 4.98 Å². The van der Waals surface area contributed by atoms with Crippen LogP contribution in [0.1, 0.15) is 11.1 Å². The molecule has 0 radical (unpaired) electrons. The first-order valence-electron chi connectivity index (χ1n) is 5.54. The Morgan fingerprint density at radius 2 is 2.16 bits per heavy atom. The monoisotopic (exact) mass is 278 g/mol. The zero-order valence-corrected chi connectivity index (χ0v) is 10.9. The van der Waals surface area contributed by atoms with Crippen LogP contribution in [0, 0.1) is 17.0 Å². The first-order chi connectivity index (χ1) is 9.06. The second kappa shape index (κ2) is 5.67. The molecule has 6 heteroatoms. The molecule has 0 unspecified atom stereocenters. The van der Waals surface area contributed by atoms with Crippen LogP contribution in [0.2, 0.25) is 5.15 Å². The SMILES string of the molecule is Cc1cc(OCc2ccc(Cl)nc2)ccc1[N+](=O)[O-]. The number of pyridine rings is 1. The minimum atomic E-state index is -0.414. The highest BCUT2D eigenvalue weighted by atomic mass is 35.5. The molecule has 0 aliphatic carbocycles. The van der Waals surface area contributed by atoms with E-state index in [0.29, 0.717) is 23.1 Å². The standard InChI is InChI=1S/C13H11ClN2O3/c1-9-6-11(3-4-12(9)16(17)18)19-8-10-2-5-13(14)15-7-10/h2-7H,8H2,1H3. The molecule has 2 aromatic rings. The third kappa shape index (κ3) is 3.42. The zero-order valence-electron chi connectivity index (χ0n) is 10.2. The van der Waals surface area contributed by atoms with Gasteiger partial charge in [0, 0.05) is 23.4 Å². The molecule has 98 valence electrons. The third-order valence-electron chi connectivity index (χ3n) is 2.56. The van der Waals surface area contributed by atoms with Crippen LogP contribution in [0.3, 0.4) is 0 Å². The quantitative estimate of drug-likeness (QED) is 0.487. The topological polar surface area (TPSA) is 65.3 Å². The number of ether oxygens (including phenoxy) is 1. The van der Waals surface area contributed by atoms with Gasteiger partial charge in [-0.05, 0) is 25.1 Å². The van der Waals surface area contributed by atoms with E-state index in [1.807, 2.05) is 6.07 Å². The fraction of sp³-hybridized carbons (Fsp3) is 0.154. The van der Waals surface area contributed by atoms with Crippen molar-refractivity contribution in [2.45, 2.75) is 13.5 Å². The number of rotatable bonds is 4. The summed E-state index contributed by atoms with van der Waals surface area (Å²) in [4.78, 5) is 14.2. The Balaban J connectivity index is 2.06. The lowest BCUT2D eigenvalue weighted by molar-refractivity contribution is -0.385. The molecular weight excluding hydrogens is 268 g/mol. The van der Waals surface area contributed by atoms with Gasteiger partial charge in [0.15, 0.2) is 0 Å². The molecule has 2 rings (SSSR count). The maximum atomic E-state index is 10.7. The molecule has 0 fully saturated rings. The van der Waals surface area contributed by atoms with Crippen LogP contribution >= 0.6 is 11.6 Å². The van der Waals surface area contributed by atoms with Crippen LogP contribution in [0.4, 0.5) is 5.69 Å². The summed E-state index contributed by atoms with van der Waals surface area (Å²) in [6.45, 7) is 2.01. The van der Waals surface area contributed by atoms with Crippen LogP contribution in [-0.4, -0.2) is 9.91 Å². The molecule has 0 N–H and O–H groups in total. The van der Waals surface area contributed by atoms with Gasteiger partial charge in [-0.15, -0.1) is 0 Å². The molecule has 0 spiro atoms. The largest absolute Gasteiger partial charge is 0.489 e. The number of halogens is 1. The molecule has 0 saturated heterocycles. The molecule has 19 heavy (non-hydrogen) atoms. The van der Waals surface area contributed by atoms with Crippen LogP contribution < -0.4 is 4.74 Å². The maximum Gasteiger partial charge on any atom is 0.272 e. The number of nitro groups is 1. The van der Waals surface area contributed by atoms with E-state index in [-0.39, 0.29) is 5.69 Å². The number of aromatic nitrogens is 1. The van der Waals surface area contributed by atoms with Crippen molar-refractivity contribution in [2.75, 3.05) is 0 Å². The van der Waals surface area contributed by atoms with Gasteiger partial charge in [-0.1, -0.05) is 17.7 Å². The third-order valence-corrected chi connectivity index (χ3v) is 2.78. The molecule has 0 atom stereocenters. The number of hydrogen-bond donors (Lipinski definition) is 0. The molecule has 0 aliphatic heterocycles. The van der Waals surface area contributed by atoms with Gasteiger partial charge in [-0.3, -0.25) is 10.1 Å². The normalized spacial score (nSPS) is 10.2. The van der Waals surface area contributed by atoms with Crippen molar-refractivity contribution in [3.8, 4) is 5.75 Å². The summed E-state index contributed by atoms with van der Waals surface area (Å²) in [7, 11) is 0. The van der Waals surface area contributed by atoms with Crippen molar-refractivity contribution in [3.63, 3.8) is 0 Å². The molecule has 1 heterocycles. The Labute approximate surface area is 115 Å². The zero-order chi connectivity index (χ0) is 13.8. The first-order valence-corrected chi connectivity index (χ1v) is 5.92. The second-order valence-electron chi connectivity index (χ2n) is 3.98. The van der Waals surface area contributed by atoms with E-state index in [1.54, 1.807) is 31.3 Å². The summed E-state index contributed by atoms with van der Waals surface area (Å²) in [5.74, 6) is 0.582. The van der Waals surface area contributed by atoms with Crippen molar-refractivity contribution < 1.29 is 9.66 Å². The van der Waals surface area contributed by atoms with E-state index < -0.39 is 4.92 Å². The van der Waals surface area contributed by atoms with E-state index in [1.165, 1.54) is 6.07 Å². The van der Waals surface area contributed by atoms with Gasteiger partial charge < -0.3 is 4.74 Å². The van der Waals surface area contributed by atoms with Gasteiger partial charge in [0.25, 0.3) is 5.69 Å². The Morgan fingerprint density at radius 3 is 2.74 bits per heavy atom. The summed E-state index contributed by atoms with van der Waals surface area (Å²) in [5, 5.41) is 11.1. The summed E-state index contributed by atoms with van der Waals surface area (Å²) in [6.07, 6.45) is 1.63. The number of nitro benzene ring substituents is 1. The number of nitrogens with zero attached hydrogens (tertiary/aromatic N) is 2. The number of aryl methyl sites for hydroxylation is 1. The molecular formula is C13H11ClN2O3. The average Bonchev–Trinajstić information content (AvgIpc) is 2.37. The van der Waals surface area contributed by atoms with Crippen LogP contribution in [-0.2, 0) is 6.61 Å². The predicted octanol–water partition coefficient (Wildman–Crippen LogP) is 3.53. The second-order valence-corrected chi connectivity index (χ2v) is 4.37. The van der Waals surface area contributed by atoms with Gasteiger partial charge in [0.2, 0.25) is 0 Å². The molecule has 1 aromatic carbocycles. The van der Waals surface area contributed by atoms with Gasteiger partial charge in [0.05, 0.1) is 4.92 Å². The highest BCUT2D eigenvalue weighted by Gasteiger charge is 2.10. The summed E-state index contributed by atoms with van der Waals surface area (Å²) in [6, 6.07) is 8.15. The smallest absolute Gasteiger partial charge is 0.272 e. The van der Waals surface area contributed by atoms with Gasteiger partial charge in [-0.2, -0.15) is 0 Å².